The van der Waals surface area contributed by atoms with Crippen LogP contribution < -0.4 is 5.73 Å². The number of hydrogen-bond acceptors (Lipinski definition) is 3. The third-order valence-corrected chi connectivity index (χ3v) is 3.43. The lowest BCUT2D eigenvalue weighted by atomic mass is 10.0. The monoisotopic (exact) mass is 250 g/mol. The van der Waals surface area contributed by atoms with Crippen LogP contribution >= 0.6 is 0 Å². The largest absolute Gasteiger partial charge is 0.444 e. The van der Waals surface area contributed by atoms with Gasteiger partial charge in [-0.15, -0.1) is 0 Å². The second-order valence-electron chi connectivity index (χ2n) is 5.12. The number of aryl methyl sites for hydroxylation is 2. The molecular formula is C13H22N4O. The van der Waals surface area contributed by atoms with Crippen molar-refractivity contribution in [3.05, 3.63) is 17.3 Å². The Morgan fingerprint density at radius 1 is 1.56 bits per heavy atom. The van der Waals surface area contributed by atoms with Crippen LogP contribution in [0.4, 0.5) is 0 Å². The van der Waals surface area contributed by atoms with Gasteiger partial charge in [-0.2, -0.15) is 0 Å². The molecule has 0 saturated carbocycles. The second kappa shape index (κ2) is 5.42. The van der Waals surface area contributed by atoms with Crippen LogP contribution in [0.2, 0.25) is 0 Å². The highest BCUT2D eigenvalue weighted by atomic mass is 16.4. The Morgan fingerprint density at radius 2 is 2.33 bits per heavy atom. The van der Waals surface area contributed by atoms with Crippen LogP contribution in [0.25, 0.3) is 0 Å². The van der Waals surface area contributed by atoms with Gasteiger partial charge in [0, 0.05) is 13.1 Å². The number of guanidine groups is 1. The third-order valence-electron chi connectivity index (χ3n) is 3.43. The van der Waals surface area contributed by atoms with Gasteiger partial charge >= 0.3 is 0 Å². The smallest absolute Gasteiger partial charge is 0.216 e. The molecule has 1 atom stereocenters. The fourth-order valence-electron chi connectivity index (χ4n) is 2.25. The zero-order valence-electron chi connectivity index (χ0n) is 11.4. The van der Waals surface area contributed by atoms with Crippen molar-refractivity contribution in [2.24, 2.45) is 16.6 Å². The molecule has 1 unspecified atom stereocenters. The highest BCUT2D eigenvalue weighted by Crippen LogP contribution is 2.15. The van der Waals surface area contributed by atoms with E-state index in [0.717, 1.165) is 24.5 Å². The summed E-state index contributed by atoms with van der Waals surface area (Å²) in [6, 6.07) is 0. The minimum atomic E-state index is 0.422. The molecule has 0 aromatic carbocycles. The highest BCUT2D eigenvalue weighted by molar-refractivity contribution is 5.78. The van der Waals surface area contributed by atoms with E-state index in [1.807, 2.05) is 13.8 Å². The molecule has 1 fully saturated rings. The van der Waals surface area contributed by atoms with Crippen LogP contribution in [-0.4, -0.2) is 28.9 Å². The molecule has 0 spiro atoms. The number of rotatable bonds is 2. The Morgan fingerprint density at radius 3 is 2.94 bits per heavy atom. The first-order valence-electron chi connectivity index (χ1n) is 6.54. The molecule has 1 saturated heterocycles. The van der Waals surface area contributed by atoms with Crippen molar-refractivity contribution >= 4 is 5.96 Å². The number of likely N-dealkylation sites (tertiary alicyclic amines) is 1. The van der Waals surface area contributed by atoms with Gasteiger partial charge in [0.1, 0.15) is 12.3 Å². The molecule has 1 aromatic heterocycles. The molecule has 1 aliphatic rings. The molecule has 5 heteroatoms. The average Bonchev–Trinajstić information content (AvgIpc) is 2.66. The minimum absolute atomic E-state index is 0.422. The predicted octanol–water partition coefficient (Wildman–Crippen LogP) is 1.84. The first-order valence-corrected chi connectivity index (χ1v) is 6.54. The van der Waals surface area contributed by atoms with Crippen molar-refractivity contribution < 1.29 is 4.42 Å². The summed E-state index contributed by atoms with van der Waals surface area (Å²) in [5.41, 5.74) is 6.93. The van der Waals surface area contributed by atoms with Crippen molar-refractivity contribution in [1.29, 1.82) is 0 Å². The molecule has 100 valence electrons. The third kappa shape index (κ3) is 3.03. The molecule has 0 aliphatic carbocycles. The van der Waals surface area contributed by atoms with Crippen LogP contribution in [0.15, 0.2) is 9.41 Å². The number of piperidine rings is 1. The summed E-state index contributed by atoms with van der Waals surface area (Å²) < 4.78 is 5.48. The van der Waals surface area contributed by atoms with Crippen molar-refractivity contribution in [3.63, 3.8) is 0 Å². The molecule has 0 amide bonds. The Hall–Kier alpha value is -1.52. The number of aromatic nitrogens is 1. The maximum atomic E-state index is 6.01. The summed E-state index contributed by atoms with van der Waals surface area (Å²) in [5.74, 6) is 2.79. The van der Waals surface area contributed by atoms with E-state index in [-0.39, 0.29) is 0 Å². The second-order valence-corrected chi connectivity index (χ2v) is 5.12. The Kier molecular flexibility index (Phi) is 3.89. The lowest BCUT2D eigenvalue weighted by Crippen LogP contribution is -2.43. The Labute approximate surface area is 108 Å². The van der Waals surface area contributed by atoms with Crippen LogP contribution in [0.1, 0.15) is 37.1 Å². The molecular weight excluding hydrogens is 228 g/mol. The normalized spacial score (nSPS) is 21.4. The quantitative estimate of drug-likeness (QED) is 0.642. The summed E-state index contributed by atoms with van der Waals surface area (Å²) >= 11 is 0. The van der Waals surface area contributed by atoms with Gasteiger partial charge in [-0.1, -0.05) is 6.92 Å². The summed E-state index contributed by atoms with van der Waals surface area (Å²) in [7, 11) is 0. The van der Waals surface area contributed by atoms with Gasteiger partial charge in [-0.3, -0.25) is 0 Å². The topological polar surface area (TPSA) is 67.7 Å². The van der Waals surface area contributed by atoms with Gasteiger partial charge in [0.05, 0.1) is 5.69 Å². The van der Waals surface area contributed by atoms with Gasteiger partial charge in [0.2, 0.25) is 5.89 Å². The van der Waals surface area contributed by atoms with Crippen molar-refractivity contribution in [2.45, 2.75) is 40.2 Å². The van der Waals surface area contributed by atoms with Crippen LogP contribution in [0.3, 0.4) is 0 Å². The fraction of sp³-hybridized carbons (Fsp3) is 0.692. The minimum Gasteiger partial charge on any atom is -0.444 e. The predicted molar refractivity (Wildman–Crippen MR) is 71.3 cm³/mol. The number of aliphatic imine (C=N–C) groups is 1. The molecule has 0 radical (unpaired) electrons. The summed E-state index contributed by atoms with van der Waals surface area (Å²) in [6.45, 7) is 8.51. The van der Waals surface area contributed by atoms with E-state index >= 15 is 0 Å². The molecule has 2 N–H and O–H groups in total. The molecule has 1 aromatic rings. The van der Waals surface area contributed by atoms with E-state index in [2.05, 4.69) is 21.8 Å². The molecule has 1 aliphatic heterocycles. The number of nitrogens with two attached hydrogens (primary N) is 1. The Balaban J connectivity index is 1.95. The van der Waals surface area contributed by atoms with Crippen LogP contribution in [0.5, 0.6) is 0 Å². The number of oxazole rings is 1. The van der Waals surface area contributed by atoms with Gasteiger partial charge in [-0.25, -0.2) is 9.98 Å². The van der Waals surface area contributed by atoms with Crippen molar-refractivity contribution in [2.75, 3.05) is 13.1 Å². The zero-order chi connectivity index (χ0) is 13.1. The van der Waals surface area contributed by atoms with Gasteiger partial charge in [0.25, 0.3) is 0 Å². The standard InChI is InChI=1S/C13H22N4O/c1-9-5-4-6-17(8-9)13(14)15-7-12-16-10(2)11(3)18-12/h9H,4-8H2,1-3H3,(H2,14,15). The van der Waals surface area contributed by atoms with Gasteiger partial charge in [-0.05, 0) is 32.6 Å². The van der Waals surface area contributed by atoms with E-state index in [1.165, 1.54) is 12.8 Å². The van der Waals surface area contributed by atoms with Crippen molar-refractivity contribution in [3.8, 4) is 0 Å². The summed E-state index contributed by atoms with van der Waals surface area (Å²) in [5, 5.41) is 0. The molecule has 0 bridgehead atoms. The van der Waals surface area contributed by atoms with Gasteiger partial charge < -0.3 is 15.1 Å². The first-order chi connectivity index (χ1) is 8.56. The first kappa shape index (κ1) is 12.9. The highest BCUT2D eigenvalue weighted by Gasteiger charge is 2.17. The molecule has 5 nitrogen and oxygen atoms in total. The average molecular weight is 250 g/mol. The van der Waals surface area contributed by atoms with Crippen LogP contribution in [0, 0.1) is 19.8 Å². The number of nitrogens with zero attached hydrogens (tertiary/aromatic N) is 3. The van der Waals surface area contributed by atoms with E-state index in [9.17, 15) is 0 Å². The van der Waals surface area contributed by atoms with E-state index < -0.39 is 0 Å². The van der Waals surface area contributed by atoms with Gasteiger partial charge in [0.15, 0.2) is 5.96 Å². The molecule has 18 heavy (non-hydrogen) atoms. The van der Waals surface area contributed by atoms with E-state index in [1.54, 1.807) is 0 Å². The lowest BCUT2D eigenvalue weighted by Gasteiger charge is -2.31. The fourth-order valence-corrected chi connectivity index (χ4v) is 2.25. The maximum absolute atomic E-state index is 6.01. The SMILES string of the molecule is Cc1nc(CN=C(N)N2CCCC(C)C2)oc1C. The zero-order valence-corrected chi connectivity index (χ0v) is 11.4. The van der Waals surface area contributed by atoms with E-state index in [0.29, 0.717) is 24.3 Å². The van der Waals surface area contributed by atoms with E-state index in [4.69, 9.17) is 10.2 Å². The van der Waals surface area contributed by atoms with Crippen molar-refractivity contribution in [1.82, 2.24) is 9.88 Å². The molecule has 2 heterocycles. The number of hydrogen-bond donors (Lipinski definition) is 1. The van der Waals surface area contributed by atoms with Crippen LogP contribution in [-0.2, 0) is 6.54 Å². The Bertz CT molecular complexity index is 419. The molecule has 2 rings (SSSR count). The maximum Gasteiger partial charge on any atom is 0.216 e. The summed E-state index contributed by atoms with van der Waals surface area (Å²) in [6.07, 6.45) is 2.47. The lowest BCUT2D eigenvalue weighted by molar-refractivity contribution is 0.270. The summed E-state index contributed by atoms with van der Waals surface area (Å²) in [4.78, 5) is 10.8.